The molecule has 0 radical (unpaired) electrons. The van der Waals surface area contributed by atoms with Crippen LogP contribution in [0.2, 0.25) is 0 Å². The zero-order valence-electron chi connectivity index (χ0n) is 24.5. The molecule has 2 saturated heterocycles. The number of piperazine rings is 2. The summed E-state index contributed by atoms with van der Waals surface area (Å²) in [5, 5.41) is 0. The van der Waals surface area contributed by atoms with Gasteiger partial charge in [-0.05, 0) is 63.4 Å². The molecule has 0 aromatic heterocycles. The Hall–Kier alpha value is -2.32. The summed E-state index contributed by atoms with van der Waals surface area (Å²) < 4.78 is 19.1. The van der Waals surface area contributed by atoms with Gasteiger partial charge in [0.2, 0.25) is 0 Å². The number of ether oxygens (including phenoxy) is 1. The molecule has 7 heteroatoms. The minimum atomic E-state index is -1.13. The fourth-order valence-corrected chi connectivity index (χ4v) is 6.06. The molecule has 0 N–H and O–H groups in total. The van der Waals surface area contributed by atoms with Crippen LogP contribution in [0.5, 0.6) is 0 Å². The third kappa shape index (κ3) is 8.84. The lowest BCUT2D eigenvalue weighted by molar-refractivity contribution is 0.0290. The summed E-state index contributed by atoms with van der Waals surface area (Å²) in [6, 6.07) is 17.8. The van der Waals surface area contributed by atoms with Crippen molar-refractivity contribution >= 4 is 5.97 Å². The number of esters is 1. The van der Waals surface area contributed by atoms with Crippen LogP contribution in [0.3, 0.4) is 0 Å². The molecular formula is C32H47FN4O2. The Morgan fingerprint density at radius 1 is 0.846 bits per heavy atom. The number of rotatable bonds is 10. The lowest BCUT2D eigenvalue weighted by Crippen LogP contribution is -2.55. The van der Waals surface area contributed by atoms with Crippen LogP contribution >= 0.6 is 0 Å². The van der Waals surface area contributed by atoms with E-state index in [9.17, 15) is 9.18 Å². The van der Waals surface area contributed by atoms with Crippen LogP contribution in [0.25, 0.3) is 0 Å². The van der Waals surface area contributed by atoms with Crippen LogP contribution in [0, 0.1) is 0 Å². The van der Waals surface area contributed by atoms with Gasteiger partial charge in [0, 0.05) is 77.5 Å². The maximum Gasteiger partial charge on any atom is 0.338 e. The fourth-order valence-electron chi connectivity index (χ4n) is 6.06. The quantitative estimate of drug-likeness (QED) is 0.404. The van der Waals surface area contributed by atoms with Gasteiger partial charge in [0.25, 0.3) is 0 Å². The van der Waals surface area contributed by atoms with Crippen molar-refractivity contribution in [2.75, 3.05) is 52.4 Å². The summed E-state index contributed by atoms with van der Waals surface area (Å²) >= 11 is 0. The summed E-state index contributed by atoms with van der Waals surface area (Å²) in [4.78, 5) is 21.8. The molecule has 214 valence electrons. The Balaban J connectivity index is 1.27. The number of hydrogen-bond donors (Lipinski definition) is 0. The summed E-state index contributed by atoms with van der Waals surface area (Å²) in [6.45, 7) is 19.4. The smallest absolute Gasteiger partial charge is 0.338 e. The lowest BCUT2D eigenvalue weighted by Gasteiger charge is -2.44. The van der Waals surface area contributed by atoms with Crippen molar-refractivity contribution in [3.05, 3.63) is 70.8 Å². The molecule has 4 rings (SSSR count). The lowest BCUT2D eigenvalue weighted by atomic mass is 10.0. The topological polar surface area (TPSA) is 39.3 Å². The first-order valence-electron chi connectivity index (χ1n) is 14.5. The van der Waals surface area contributed by atoms with Gasteiger partial charge in [-0.3, -0.25) is 19.6 Å². The molecule has 2 aromatic carbocycles. The molecule has 2 aliphatic rings. The highest BCUT2D eigenvalue weighted by Crippen LogP contribution is 2.22. The zero-order valence-corrected chi connectivity index (χ0v) is 24.5. The largest absolute Gasteiger partial charge is 0.462 e. The van der Waals surface area contributed by atoms with E-state index in [-0.39, 0.29) is 5.97 Å². The second-order valence-electron chi connectivity index (χ2n) is 12.1. The molecule has 0 bridgehead atoms. The van der Waals surface area contributed by atoms with E-state index in [2.05, 4.69) is 57.7 Å². The molecule has 39 heavy (non-hydrogen) atoms. The van der Waals surface area contributed by atoms with Gasteiger partial charge in [-0.2, -0.15) is 0 Å². The molecule has 0 aliphatic carbocycles. The molecular weight excluding hydrogens is 491 g/mol. The van der Waals surface area contributed by atoms with Crippen LogP contribution in [-0.2, 0) is 24.4 Å². The van der Waals surface area contributed by atoms with E-state index >= 15 is 0 Å². The number of halogens is 1. The SMILES string of the molecule is CCOC(=O)c1ccc(CN2C[C@@H](C)N(Cc3cccc(CN4CCN(CC(C)(C)F)CC4)c3)[C@@H](C)C2)cc1. The standard InChI is InChI=1S/C32H47FN4O2/c1-6-39-31(38)30-12-10-27(11-13-30)21-36-19-25(2)37(26(3)20-36)23-29-9-7-8-28(18-29)22-34-14-16-35(17-15-34)24-32(4,5)33/h7-13,18,25-26H,6,14-17,19-24H2,1-5H3/t25-,26+. The number of nitrogens with zero attached hydrogens (tertiary/aromatic N) is 4. The molecule has 0 saturated carbocycles. The van der Waals surface area contributed by atoms with Gasteiger partial charge >= 0.3 is 5.97 Å². The van der Waals surface area contributed by atoms with Crippen molar-refractivity contribution in [3.63, 3.8) is 0 Å². The molecule has 0 amide bonds. The molecule has 0 spiro atoms. The van der Waals surface area contributed by atoms with Crippen LogP contribution in [0.4, 0.5) is 4.39 Å². The van der Waals surface area contributed by atoms with Crippen LogP contribution < -0.4 is 0 Å². The predicted molar refractivity (Wildman–Crippen MR) is 155 cm³/mol. The van der Waals surface area contributed by atoms with Gasteiger partial charge in [-0.25, -0.2) is 9.18 Å². The Labute approximate surface area is 234 Å². The molecule has 2 atom stereocenters. The minimum Gasteiger partial charge on any atom is -0.462 e. The fraction of sp³-hybridized carbons (Fsp3) is 0.594. The van der Waals surface area contributed by atoms with Crippen LogP contribution in [-0.4, -0.2) is 95.7 Å². The molecule has 6 nitrogen and oxygen atoms in total. The Morgan fingerprint density at radius 2 is 1.41 bits per heavy atom. The van der Waals surface area contributed by atoms with E-state index in [4.69, 9.17) is 4.74 Å². The highest BCUT2D eigenvalue weighted by Gasteiger charge is 2.29. The van der Waals surface area contributed by atoms with Crippen LogP contribution in [0.1, 0.15) is 61.7 Å². The van der Waals surface area contributed by atoms with Gasteiger partial charge in [-0.1, -0.05) is 36.4 Å². The maximum absolute atomic E-state index is 14.0. The van der Waals surface area contributed by atoms with Gasteiger partial charge in [0.1, 0.15) is 5.67 Å². The van der Waals surface area contributed by atoms with Gasteiger partial charge in [0.05, 0.1) is 12.2 Å². The summed E-state index contributed by atoms with van der Waals surface area (Å²) in [7, 11) is 0. The predicted octanol–water partition coefficient (Wildman–Crippen LogP) is 4.82. The molecule has 0 unspecified atom stereocenters. The number of carbonyl (C=O) groups is 1. The Morgan fingerprint density at radius 3 is 2.00 bits per heavy atom. The van der Waals surface area contributed by atoms with Crippen molar-refractivity contribution in [1.82, 2.24) is 19.6 Å². The summed E-state index contributed by atoms with van der Waals surface area (Å²) in [6.07, 6.45) is 0. The first kappa shape index (κ1) is 29.7. The van der Waals surface area contributed by atoms with Crippen molar-refractivity contribution < 1.29 is 13.9 Å². The number of alkyl halides is 1. The van der Waals surface area contributed by atoms with E-state index in [1.54, 1.807) is 13.8 Å². The normalized spacial score (nSPS) is 22.2. The first-order chi connectivity index (χ1) is 18.6. The average Bonchev–Trinajstić information content (AvgIpc) is 2.87. The molecule has 2 fully saturated rings. The van der Waals surface area contributed by atoms with Gasteiger partial charge in [-0.15, -0.1) is 0 Å². The molecule has 2 heterocycles. The second-order valence-corrected chi connectivity index (χ2v) is 12.1. The third-order valence-corrected chi connectivity index (χ3v) is 7.88. The van der Waals surface area contributed by atoms with Crippen molar-refractivity contribution in [1.29, 1.82) is 0 Å². The summed E-state index contributed by atoms with van der Waals surface area (Å²) in [5.74, 6) is -0.260. The summed E-state index contributed by atoms with van der Waals surface area (Å²) in [5.41, 5.74) is 3.42. The Kier molecular flexibility index (Phi) is 10.2. The Bertz CT molecular complexity index is 1050. The van der Waals surface area contributed by atoms with E-state index < -0.39 is 5.67 Å². The zero-order chi connectivity index (χ0) is 28.0. The molecule has 2 aliphatic heterocycles. The van der Waals surface area contributed by atoms with Crippen molar-refractivity contribution in [3.8, 4) is 0 Å². The maximum atomic E-state index is 14.0. The highest BCUT2D eigenvalue weighted by atomic mass is 19.1. The van der Waals surface area contributed by atoms with Crippen molar-refractivity contribution in [2.24, 2.45) is 0 Å². The van der Waals surface area contributed by atoms with Gasteiger partial charge < -0.3 is 4.74 Å². The van der Waals surface area contributed by atoms with E-state index in [0.717, 1.165) is 58.9 Å². The van der Waals surface area contributed by atoms with E-state index in [1.165, 1.54) is 16.7 Å². The minimum absolute atomic E-state index is 0.260. The average molecular weight is 539 g/mol. The van der Waals surface area contributed by atoms with Gasteiger partial charge in [0.15, 0.2) is 0 Å². The third-order valence-electron chi connectivity index (χ3n) is 7.88. The van der Waals surface area contributed by atoms with E-state index in [0.29, 0.717) is 30.8 Å². The molecule has 2 aromatic rings. The van der Waals surface area contributed by atoms with Crippen LogP contribution in [0.15, 0.2) is 48.5 Å². The number of benzene rings is 2. The highest BCUT2D eigenvalue weighted by molar-refractivity contribution is 5.89. The second kappa shape index (κ2) is 13.4. The number of hydrogen-bond acceptors (Lipinski definition) is 6. The first-order valence-corrected chi connectivity index (χ1v) is 14.5. The monoisotopic (exact) mass is 538 g/mol. The number of carbonyl (C=O) groups excluding carboxylic acids is 1. The van der Waals surface area contributed by atoms with E-state index in [1.807, 2.05) is 31.2 Å². The van der Waals surface area contributed by atoms with Crippen molar-refractivity contribution in [2.45, 2.75) is 72.0 Å².